The zero-order chi connectivity index (χ0) is 12.0. The highest BCUT2D eigenvalue weighted by Gasteiger charge is 2.10. The molecule has 0 saturated carbocycles. The smallest absolute Gasteiger partial charge is 0.222 e. The lowest BCUT2D eigenvalue weighted by Crippen LogP contribution is -2.24. The van der Waals surface area contributed by atoms with Crippen molar-refractivity contribution in [2.75, 3.05) is 6.54 Å². The number of primary amides is 1. The molecule has 0 aliphatic heterocycles. The first-order valence-corrected chi connectivity index (χ1v) is 5.52. The largest absolute Gasteiger partial charge is 0.369 e. The van der Waals surface area contributed by atoms with Crippen LogP contribution in [0, 0.1) is 5.92 Å². The van der Waals surface area contributed by atoms with Gasteiger partial charge in [0.2, 0.25) is 5.91 Å². The quantitative estimate of drug-likeness (QED) is 0.634. The van der Waals surface area contributed by atoms with Crippen LogP contribution in [0.2, 0.25) is 0 Å². The van der Waals surface area contributed by atoms with Crippen LogP contribution in [0.1, 0.15) is 26.0 Å². The molecule has 1 heterocycles. The van der Waals surface area contributed by atoms with Crippen molar-refractivity contribution in [2.45, 2.75) is 33.4 Å². The van der Waals surface area contributed by atoms with Crippen molar-refractivity contribution in [3.8, 4) is 0 Å². The van der Waals surface area contributed by atoms with Crippen molar-refractivity contribution < 1.29 is 4.79 Å². The Morgan fingerprint density at radius 1 is 1.69 bits per heavy atom. The van der Waals surface area contributed by atoms with Crippen LogP contribution >= 0.6 is 0 Å². The first kappa shape index (κ1) is 12.6. The summed E-state index contributed by atoms with van der Waals surface area (Å²) in [6.07, 6.45) is 2.93. The molecule has 0 fully saturated rings. The zero-order valence-corrected chi connectivity index (χ0v) is 9.81. The van der Waals surface area contributed by atoms with Crippen molar-refractivity contribution in [3.63, 3.8) is 0 Å². The standard InChI is InChI=1S/C10H19N5O/c1-3-4-12-5-9-7-15(14-13-9)6-8(2)10(11)16/h7-8,12H,3-6H2,1-2H3,(H2,11,16). The van der Waals surface area contributed by atoms with Gasteiger partial charge in [0.25, 0.3) is 0 Å². The topological polar surface area (TPSA) is 85.8 Å². The second-order valence-corrected chi connectivity index (χ2v) is 3.91. The molecule has 1 aromatic rings. The maximum absolute atomic E-state index is 10.9. The van der Waals surface area contributed by atoms with Crippen LogP contribution in [0.3, 0.4) is 0 Å². The van der Waals surface area contributed by atoms with Crippen LogP contribution in [-0.2, 0) is 17.9 Å². The molecule has 1 atom stereocenters. The molecule has 1 amide bonds. The van der Waals surface area contributed by atoms with Gasteiger partial charge in [0.05, 0.1) is 18.2 Å². The molecule has 0 saturated heterocycles. The van der Waals surface area contributed by atoms with Crippen LogP contribution in [0.15, 0.2) is 6.20 Å². The molecule has 3 N–H and O–H groups in total. The maximum Gasteiger partial charge on any atom is 0.222 e. The van der Waals surface area contributed by atoms with Crippen molar-refractivity contribution in [1.29, 1.82) is 0 Å². The lowest BCUT2D eigenvalue weighted by atomic mass is 10.2. The van der Waals surface area contributed by atoms with E-state index in [1.165, 1.54) is 0 Å². The maximum atomic E-state index is 10.9. The van der Waals surface area contributed by atoms with Gasteiger partial charge in [-0.1, -0.05) is 19.1 Å². The number of aromatic nitrogens is 3. The molecule has 0 bridgehead atoms. The molecule has 0 radical (unpaired) electrons. The number of amides is 1. The number of carbonyl (C=O) groups is 1. The van der Waals surface area contributed by atoms with Crippen molar-refractivity contribution >= 4 is 5.91 Å². The van der Waals surface area contributed by atoms with Gasteiger partial charge < -0.3 is 11.1 Å². The molecule has 0 aromatic carbocycles. The molecule has 1 aromatic heterocycles. The number of carbonyl (C=O) groups excluding carboxylic acids is 1. The lowest BCUT2D eigenvalue weighted by Gasteiger charge is -2.05. The van der Waals surface area contributed by atoms with E-state index >= 15 is 0 Å². The summed E-state index contributed by atoms with van der Waals surface area (Å²) in [5.41, 5.74) is 6.06. The highest BCUT2D eigenvalue weighted by atomic mass is 16.1. The van der Waals surface area contributed by atoms with Gasteiger partial charge in [-0.3, -0.25) is 9.48 Å². The summed E-state index contributed by atoms with van der Waals surface area (Å²) in [5.74, 6) is -0.542. The molecule has 1 unspecified atom stereocenters. The lowest BCUT2D eigenvalue weighted by molar-refractivity contribution is -0.121. The van der Waals surface area contributed by atoms with Crippen LogP contribution in [0.25, 0.3) is 0 Å². The Bertz CT molecular complexity index is 336. The Labute approximate surface area is 95.2 Å². The minimum atomic E-state index is -0.318. The number of hydrogen-bond acceptors (Lipinski definition) is 4. The van der Waals surface area contributed by atoms with Crippen LogP contribution in [0.4, 0.5) is 0 Å². The van der Waals surface area contributed by atoms with Gasteiger partial charge >= 0.3 is 0 Å². The van der Waals surface area contributed by atoms with E-state index in [-0.39, 0.29) is 11.8 Å². The average molecular weight is 225 g/mol. The summed E-state index contributed by atoms with van der Waals surface area (Å²) in [6, 6.07) is 0. The Morgan fingerprint density at radius 3 is 3.06 bits per heavy atom. The molecule has 1 rings (SSSR count). The van der Waals surface area contributed by atoms with E-state index in [2.05, 4.69) is 22.6 Å². The third-order valence-corrected chi connectivity index (χ3v) is 2.27. The molecule has 0 aliphatic carbocycles. The van der Waals surface area contributed by atoms with Crippen molar-refractivity contribution in [3.05, 3.63) is 11.9 Å². The Kier molecular flexibility index (Phi) is 4.91. The molecule has 0 aliphatic rings. The van der Waals surface area contributed by atoms with Gasteiger partial charge in [-0.25, -0.2) is 0 Å². The fourth-order valence-corrected chi connectivity index (χ4v) is 1.27. The van der Waals surface area contributed by atoms with E-state index in [0.29, 0.717) is 13.1 Å². The summed E-state index contributed by atoms with van der Waals surface area (Å²) >= 11 is 0. The highest BCUT2D eigenvalue weighted by molar-refractivity contribution is 5.76. The average Bonchev–Trinajstić information content (AvgIpc) is 2.66. The van der Waals surface area contributed by atoms with Gasteiger partial charge in [0.15, 0.2) is 0 Å². The van der Waals surface area contributed by atoms with E-state index in [9.17, 15) is 4.79 Å². The van der Waals surface area contributed by atoms with Gasteiger partial charge in [0, 0.05) is 12.7 Å². The Morgan fingerprint density at radius 2 is 2.44 bits per heavy atom. The number of nitrogens with one attached hydrogen (secondary N) is 1. The number of hydrogen-bond donors (Lipinski definition) is 2. The molecule has 90 valence electrons. The van der Waals surface area contributed by atoms with E-state index in [0.717, 1.165) is 18.7 Å². The second kappa shape index (κ2) is 6.22. The minimum Gasteiger partial charge on any atom is -0.369 e. The van der Waals surface area contributed by atoms with Gasteiger partial charge in [-0.15, -0.1) is 5.10 Å². The second-order valence-electron chi connectivity index (χ2n) is 3.91. The summed E-state index contributed by atoms with van der Waals surface area (Å²) < 4.78 is 1.65. The number of nitrogens with zero attached hydrogens (tertiary/aromatic N) is 3. The number of nitrogens with two attached hydrogens (primary N) is 1. The fraction of sp³-hybridized carbons (Fsp3) is 0.700. The predicted molar refractivity (Wildman–Crippen MR) is 60.4 cm³/mol. The van der Waals surface area contributed by atoms with Crippen molar-refractivity contribution in [2.24, 2.45) is 11.7 Å². The van der Waals surface area contributed by atoms with Gasteiger partial charge in [-0.2, -0.15) is 0 Å². The normalized spacial score (nSPS) is 12.6. The predicted octanol–water partition coefficient (Wildman–Crippen LogP) is -0.101. The monoisotopic (exact) mass is 225 g/mol. The first-order chi connectivity index (χ1) is 7.63. The summed E-state index contributed by atoms with van der Waals surface area (Å²) in [5, 5.41) is 11.2. The Balaban J connectivity index is 2.42. The van der Waals surface area contributed by atoms with Gasteiger partial charge in [-0.05, 0) is 13.0 Å². The van der Waals surface area contributed by atoms with Crippen LogP contribution < -0.4 is 11.1 Å². The molecular formula is C10H19N5O. The molecule has 16 heavy (non-hydrogen) atoms. The first-order valence-electron chi connectivity index (χ1n) is 5.52. The van der Waals surface area contributed by atoms with E-state index < -0.39 is 0 Å². The van der Waals surface area contributed by atoms with E-state index in [1.807, 2.05) is 6.20 Å². The molecular weight excluding hydrogens is 206 g/mol. The van der Waals surface area contributed by atoms with Gasteiger partial charge in [0.1, 0.15) is 0 Å². The zero-order valence-electron chi connectivity index (χ0n) is 9.81. The molecule has 0 spiro atoms. The van der Waals surface area contributed by atoms with Crippen molar-refractivity contribution in [1.82, 2.24) is 20.3 Å². The summed E-state index contributed by atoms with van der Waals surface area (Å²) in [4.78, 5) is 10.9. The summed E-state index contributed by atoms with van der Waals surface area (Å²) in [6.45, 7) is 6.04. The van der Waals surface area contributed by atoms with Crippen LogP contribution in [0.5, 0.6) is 0 Å². The third-order valence-electron chi connectivity index (χ3n) is 2.27. The summed E-state index contributed by atoms with van der Waals surface area (Å²) in [7, 11) is 0. The SMILES string of the molecule is CCCNCc1cn(CC(C)C(N)=O)nn1. The third kappa shape index (κ3) is 3.98. The van der Waals surface area contributed by atoms with E-state index in [4.69, 9.17) is 5.73 Å². The fourth-order valence-electron chi connectivity index (χ4n) is 1.27. The van der Waals surface area contributed by atoms with Crippen LogP contribution in [-0.4, -0.2) is 27.4 Å². The Hall–Kier alpha value is -1.43. The van der Waals surface area contributed by atoms with E-state index in [1.54, 1.807) is 11.6 Å². The minimum absolute atomic E-state index is 0.224. The highest BCUT2D eigenvalue weighted by Crippen LogP contribution is 1.99. The molecule has 6 nitrogen and oxygen atoms in total. The number of rotatable bonds is 7. The molecule has 6 heteroatoms.